The minimum absolute atomic E-state index is 0.00530. The van der Waals surface area contributed by atoms with E-state index in [1.807, 2.05) is 0 Å². The molecule has 0 unspecified atom stereocenters. The third-order valence-electron chi connectivity index (χ3n) is 3.96. The maximum atomic E-state index is 13.2. The van der Waals surface area contributed by atoms with Gasteiger partial charge in [-0.25, -0.2) is 21.6 Å². The molecule has 0 aliphatic rings. The van der Waals surface area contributed by atoms with Crippen LogP contribution < -0.4 is 4.72 Å². The summed E-state index contributed by atoms with van der Waals surface area (Å²) in [5, 5.41) is 1.49. The summed E-state index contributed by atoms with van der Waals surface area (Å²) in [6, 6.07) is 14.8. The van der Waals surface area contributed by atoms with E-state index in [0.29, 0.717) is 14.9 Å². The molecule has 0 aliphatic heterocycles. The van der Waals surface area contributed by atoms with Gasteiger partial charge in [-0.3, -0.25) is 0 Å². The second-order valence-electron chi connectivity index (χ2n) is 5.81. The second-order valence-corrected chi connectivity index (χ2v) is 11.6. The fourth-order valence-corrected chi connectivity index (χ4v) is 6.70. The Kier molecular flexibility index (Phi) is 6.48. The summed E-state index contributed by atoms with van der Waals surface area (Å²) in [4.78, 5) is 0.612. The van der Waals surface area contributed by atoms with Gasteiger partial charge in [0.2, 0.25) is 10.0 Å². The first-order valence-electron chi connectivity index (χ1n) is 7.98. The summed E-state index contributed by atoms with van der Waals surface area (Å²) in [6.07, 6.45) is 0. The van der Waals surface area contributed by atoms with Gasteiger partial charge in [0.15, 0.2) is 9.84 Å². The average Bonchev–Trinajstić information content (AvgIpc) is 3.16. The Labute approximate surface area is 177 Å². The molecule has 3 rings (SSSR count). The van der Waals surface area contributed by atoms with Gasteiger partial charge in [0.25, 0.3) is 0 Å². The molecule has 1 N–H and O–H groups in total. The largest absolute Gasteiger partial charge is 0.240 e. The monoisotopic (exact) mass is 475 g/mol. The number of benzene rings is 2. The standard InChI is InChI=1S/C18H15Cl2NO4S3/c19-13-3-7-15(8-4-13)27(22,23)18(17-2-1-11-26-17)12-21-28(24,25)16-9-5-14(20)6-10-16/h1-11,18,21H,12H2/t18-/m1/s1. The molecular weight excluding hydrogens is 461 g/mol. The Hall–Kier alpha value is -1.42. The maximum absolute atomic E-state index is 13.2. The molecule has 1 atom stereocenters. The number of nitrogens with one attached hydrogen (secondary N) is 1. The van der Waals surface area contributed by atoms with Gasteiger partial charge in [-0.1, -0.05) is 29.3 Å². The molecule has 0 amide bonds. The predicted octanol–water partition coefficient (Wildman–Crippen LogP) is 4.55. The molecule has 1 aromatic heterocycles. The lowest BCUT2D eigenvalue weighted by Gasteiger charge is -2.17. The Morgan fingerprint density at radius 3 is 1.86 bits per heavy atom. The first-order chi connectivity index (χ1) is 13.2. The van der Waals surface area contributed by atoms with E-state index in [0.717, 1.165) is 0 Å². The number of hydrogen-bond donors (Lipinski definition) is 1. The van der Waals surface area contributed by atoms with Gasteiger partial charge in [0.1, 0.15) is 5.25 Å². The van der Waals surface area contributed by atoms with Crippen molar-refractivity contribution in [3.05, 3.63) is 81.0 Å². The van der Waals surface area contributed by atoms with Crippen LogP contribution in [0.4, 0.5) is 0 Å². The highest BCUT2D eigenvalue weighted by molar-refractivity contribution is 7.92. The Balaban J connectivity index is 1.91. The molecule has 0 spiro atoms. The lowest BCUT2D eigenvalue weighted by Crippen LogP contribution is -2.31. The van der Waals surface area contributed by atoms with Crippen molar-refractivity contribution in [3.8, 4) is 0 Å². The summed E-state index contributed by atoms with van der Waals surface area (Å²) in [7, 11) is -7.75. The van der Waals surface area contributed by atoms with Crippen LogP contribution in [-0.4, -0.2) is 23.4 Å². The average molecular weight is 476 g/mol. The zero-order valence-electron chi connectivity index (χ0n) is 14.2. The number of rotatable bonds is 7. The fraction of sp³-hybridized carbons (Fsp3) is 0.111. The van der Waals surface area contributed by atoms with Crippen LogP contribution in [-0.2, 0) is 19.9 Å². The molecule has 0 fully saturated rings. The zero-order chi connectivity index (χ0) is 20.4. The summed E-state index contributed by atoms with van der Waals surface area (Å²) in [5.74, 6) is 0. The topological polar surface area (TPSA) is 80.3 Å². The first-order valence-corrected chi connectivity index (χ1v) is 12.6. The summed E-state index contributed by atoms with van der Waals surface area (Å²) in [6.45, 7) is -0.309. The van der Waals surface area contributed by atoms with Crippen LogP contribution in [0.2, 0.25) is 10.0 Å². The highest BCUT2D eigenvalue weighted by Gasteiger charge is 2.31. The highest BCUT2D eigenvalue weighted by atomic mass is 35.5. The van der Waals surface area contributed by atoms with Crippen molar-refractivity contribution in [2.24, 2.45) is 0 Å². The van der Waals surface area contributed by atoms with Gasteiger partial charge in [-0.2, -0.15) is 0 Å². The molecule has 0 aliphatic carbocycles. The molecule has 10 heteroatoms. The van der Waals surface area contributed by atoms with Crippen LogP contribution in [0.15, 0.2) is 75.8 Å². The van der Waals surface area contributed by atoms with Crippen LogP contribution in [0.5, 0.6) is 0 Å². The van der Waals surface area contributed by atoms with E-state index >= 15 is 0 Å². The number of sulfonamides is 1. The lowest BCUT2D eigenvalue weighted by atomic mass is 10.3. The molecule has 1 heterocycles. The van der Waals surface area contributed by atoms with Crippen LogP contribution in [0, 0.1) is 0 Å². The molecule has 0 radical (unpaired) electrons. The van der Waals surface area contributed by atoms with Crippen LogP contribution in [0.25, 0.3) is 0 Å². The number of sulfone groups is 1. The normalized spacial score (nSPS) is 13.4. The molecule has 5 nitrogen and oxygen atoms in total. The van der Waals surface area contributed by atoms with Crippen molar-refractivity contribution in [1.29, 1.82) is 0 Å². The Morgan fingerprint density at radius 1 is 0.821 bits per heavy atom. The minimum atomic E-state index is -3.90. The van der Waals surface area contributed by atoms with Crippen LogP contribution >= 0.6 is 34.5 Å². The van der Waals surface area contributed by atoms with Gasteiger partial charge in [0, 0.05) is 21.5 Å². The van der Waals surface area contributed by atoms with Gasteiger partial charge < -0.3 is 0 Å². The maximum Gasteiger partial charge on any atom is 0.240 e. The molecule has 0 saturated heterocycles. The third-order valence-corrected chi connectivity index (χ3v) is 9.14. The predicted molar refractivity (Wildman–Crippen MR) is 112 cm³/mol. The van der Waals surface area contributed by atoms with E-state index in [1.165, 1.54) is 59.9 Å². The van der Waals surface area contributed by atoms with E-state index in [4.69, 9.17) is 23.2 Å². The Bertz CT molecular complexity index is 1140. The highest BCUT2D eigenvalue weighted by Crippen LogP contribution is 2.32. The van der Waals surface area contributed by atoms with Crippen molar-refractivity contribution < 1.29 is 16.8 Å². The summed E-state index contributed by atoms with van der Waals surface area (Å²) < 4.78 is 53.8. The van der Waals surface area contributed by atoms with E-state index in [2.05, 4.69) is 4.72 Å². The van der Waals surface area contributed by atoms with Gasteiger partial charge >= 0.3 is 0 Å². The van der Waals surface area contributed by atoms with Crippen molar-refractivity contribution >= 4 is 54.4 Å². The van der Waals surface area contributed by atoms with E-state index in [-0.39, 0.29) is 16.3 Å². The molecule has 3 aromatic rings. The summed E-state index contributed by atoms with van der Waals surface area (Å²) >= 11 is 12.9. The zero-order valence-corrected chi connectivity index (χ0v) is 18.2. The number of halogens is 2. The Morgan fingerprint density at radius 2 is 1.36 bits per heavy atom. The van der Waals surface area contributed by atoms with Gasteiger partial charge in [0.05, 0.1) is 9.79 Å². The van der Waals surface area contributed by atoms with Crippen molar-refractivity contribution in [2.45, 2.75) is 15.0 Å². The number of thiophene rings is 1. The summed E-state index contributed by atoms with van der Waals surface area (Å²) in [5.41, 5.74) is 0. The molecule has 0 saturated carbocycles. The number of hydrogen-bond acceptors (Lipinski definition) is 5. The van der Waals surface area contributed by atoms with Crippen LogP contribution in [0.1, 0.15) is 10.1 Å². The fourth-order valence-electron chi connectivity index (χ4n) is 2.51. The molecule has 28 heavy (non-hydrogen) atoms. The lowest BCUT2D eigenvalue weighted by molar-refractivity contribution is 0.569. The molecular formula is C18H15Cl2NO4S3. The van der Waals surface area contributed by atoms with E-state index in [9.17, 15) is 16.8 Å². The van der Waals surface area contributed by atoms with Crippen molar-refractivity contribution in [2.75, 3.05) is 6.54 Å². The molecule has 0 bridgehead atoms. The van der Waals surface area contributed by atoms with Crippen molar-refractivity contribution in [3.63, 3.8) is 0 Å². The first kappa shape index (κ1) is 21.3. The van der Waals surface area contributed by atoms with Gasteiger partial charge in [-0.15, -0.1) is 11.3 Å². The van der Waals surface area contributed by atoms with Crippen molar-refractivity contribution in [1.82, 2.24) is 4.72 Å². The minimum Gasteiger partial charge on any atom is -0.223 e. The van der Waals surface area contributed by atoms with Crippen LogP contribution in [0.3, 0.4) is 0 Å². The van der Waals surface area contributed by atoms with E-state index in [1.54, 1.807) is 17.5 Å². The molecule has 148 valence electrons. The third kappa shape index (κ3) is 4.76. The van der Waals surface area contributed by atoms with E-state index < -0.39 is 25.1 Å². The van der Waals surface area contributed by atoms with Gasteiger partial charge in [-0.05, 0) is 60.0 Å². The molecule has 2 aromatic carbocycles. The smallest absolute Gasteiger partial charge is 0.223 e. The second kappa shape index (κ2) is 8.52. The quantitative estimate of drug-likeness (QED) is 0.543. The SMILES string of the molecule is O=S(=O)(NC[C@H](c1cccs1)S(=O)(=O)c1ccc(Cl)cc1)c1ccc(Cl)cc1.